The number of nitrogens with one attached hydrogen (secondary N) is 1. The van der Waals surface area contributed by atoms with Gasteiger partial charge in [0.15, 0.2) is 5.76 Å². The minimum absolute atomic E-state index is 0.247. The molecule has 0 saturated heterocycles. The maximum Gasteiger partial charge on any atom is 0.307 e. The van der Waals surface area contributed by atoms with E-state index in [1.54, 1.807) is 25.3 Å². The highest BCUT2D eigenvalue weighted by molar-refractivity contribution is 6.00. The van der Waals surface area contributed by atoms with E-state index in [1.165, 1.54) is 11.1 Å². The van der Waals surface area contributed by atoms with Gasteiger partial charge in [-0.2, -0.15) is 5.10 Å². The lowest BCUT2D eigenvalue weighted by Crippen LogP contribution is -2.16. The molecule has 0 spiro atoms. The van der Waals surface area contributed by atoms with Gasteiger partial charge in [-0.1, -0.05) is 42.5 Å². The second kappa shape index (κ2) is 7.56. The highest BCUT2D eigenvalue weighted by Crippen LogP contribution is 2.22. The number of rotatable bonds is 5. The number of para-hydroxylation sites is 1. The number of aryl methyl sites for hydroxylation is 2. The molecule has 2 aromatic carbocycles. The molecular weight excluding hydrogens is 350 g/mol. The molecule has 140 valence electrons. The van der Waals surface area contributed by atoms with Crippen LogP contribution in [0.1, 0.15) is 33.0 Å². The smallest absolute Gasteiger partial charge is 0.307 e. The van der Waals surface area contributed by atoms with Crippen molar-refractivity contribution in [2.75, 3.05) is 0 Å². The van der Waals surface area contributed by atoms with E-state index in [4.69, 9.17) is 4.42 Å². The van der Waals surface area contributed by atoms with Crippen molar-refractivity contribution in [2.45, 2.75) is 20.4 Å². The minimum Gasteiger partial charge on any atom is -0.456 e. The predicted octanol–water partition coefficient (Wildman–Crippen LogP) is 4.66. The highest BCUT2D eigenvalue weighted by atomic mass is 16.3. The van der Waals surface area contributed by atoms with Gasteiger partial charge in [-0.25, -0.2) is 5.43 Å². The van der Waals surface area contributed by atoms with E-state index >= 15 is 0 Å². The van der Waals surface area contributed by atoms with Crippen LogP contribution in [0.4, 0.5) is 0 Å². The van der Waals surface area contributed by atoms with Crippen molar-refractivity contribution < 1.29 is 9.21 Å². The number of hydrogen-bond donors (Lipinski definition) is 1. The van der Waals surface area contributed by atoms with Gasteiger partial charge in [0.05, 0.1) is 6.21 Å². The summed E-state index contributed by atoms with van der Waals surface area (Å²) < 4.78 is 7.52. The summed E-state index contributed by atoms with van der Waals surface area (Å²) in [4.78, 5) is 12.1. The third kappa shape index (κ3) is 3.60. The first-order valence-electron chi connectivity index (χ1n) is 9.14. The first-order chi connectivity index (χ1) is 13.6. The fraction of sp³-hybridized carbons (Fsp3) is 0.130. The Morgan fingerprint density at radius 1 is 1.07 bits per heavy atom. The Balaban J connectivity index is 1.59. The summed E-state index contributed by atoms with van der Waals surface area (Å²) >= 11 is 0. The van der Waals surface area contributed by atoms with Gasteiger partial charge in [-0.3, -0.25) is 4.79 Å². The SMILES string of the molecule is Cc1ccc(C(=O)N/N=C\c2cn(Cc3ccccc3C)c3ccccc23)o1. The van der Waals surface area contributed by atoms with Crippen LogP contribution in [-0.2, 0) is 6.54 Å². The lowest BCUT2D eigenvalue weighted by molar-refractivity contribution is 0.0926. The summed E-state index contributed by atoms with van der Waals surface area (Å²) in [5.41, 5.74) is 7.12. The van der Waals surface area contributed by atoms with Crippen LogP contribution in [0.15, 0.2) is 76.4 Å². The molecule has 2 heterocycles. The predicted molar refractivity (Wildman–Crippen MR) is 111 cm³/mol. The van der Waals surface area contributed by atoms with Crippen LogP contribution in [0.2, 0.25) is 0 Å². The molecule has 0 unspecified atom stereocenters. The van der Waals surface area contributed by atoms with Gasteiger partial charge in [-0.15, -0.1) is 0 Å². The number of nitrogens with zero attached hydrogens (tertiary/aromatic N) is 2. The number of hydrazone groups is 1. The topological polar surface area (TPSA) is 59.5 Å². The first-order valence-corrected chi connectivity index (χ1v) is 9.14. The van der Waals surface area contributed by atoms with E-state index in [2.05, 4.69) is 58.5 Å². The van der Waals surface area contributed by atoms with E-state index in [-0.39, 0.29) is 11.7 Å². The molecule has 0 saturated carbocycles. The van der Waals surface area contributed by atoms with Crippen molar-refractivity contribution in [2.24, 2.45) is 5.10 Å². The number of carbonyl (C=O) groups is 1. The normalized spacial score (nSPS) is 11.4. The molecule has 28 heavy (non-hydrogen) atoms. The summed E-state index contributed by atoms with van der Waals surface area (Å²) in [5.74, 6) is 0.568. The number of amides is 1. The van der Waals surface area contributed by atoms with Crippen LogP contribution in [0, 0.1) is 13.8 Å². The third-order valence-corrected chi connectivity index (χ3v) is 4.76. The van der Waals surface area contributed by atoms with E-state index in [0.29, 0.717) is 5.76 Å². The quantitative estimate of drug-likeness (QED) is 0.410. The van der Waals surface area contributed by atoms with Crippen molar-refractivity contribution in [1.29, 1.82) is 0 Å². The Morgan fingerprint density at radius 3 is 2.64 bits per heavy atom. The number of carbonyl (C=O) groups excluding carboxylic acids is 1. The lowest BCUT2D eigenvalue weighted by Gasteiger charge is -2.08. The maximum atomic E-state index is 12.1. The summed E-state index contributed by atoms with van der Waals surface area (Å²) in [5, 5.41) is 5.20. The fourth-order valence-corrected chi connectivity index (χ4v) is 3.25. The average molecular weight is 371 g/mol. The van der Waals surface area contributed by atoms with Crippen LogP contribution in [0.3, 0.4) is 0 Å². The Hall–Kier alpha value is -3.60. The largest absolute Gasteiger partial charge is 0.456 e. The van der Waals surface area contributed by atoms with E-state index in [0.717, 1.165) is 23.0 Å². The number of hydrogen-bond acceptors (Lipinski definition) is 3. The van der Waals surface area contributed by atoms with Crippen molar-refractivity contribution in [3.8, 4) is 0 Å². The zero-order valence-corrected chi connectivity index (χ0v) is 15.8. The summed E-state index contributed by atoms with van der Waals surface area (Å²) in [6.45, 7) is 4.69. The number of fused-ring (bicyclic) bond motifs is 1. The first kappa shape index (κ1) is 17.8. The van der Waals surface area contributed by atoms with E-state index < -0.39 is 0 Å². The Bertz CT molecular complexity index is 1170. The zero-order chi connectivity index (χ0) is 19.5. The van der Waals surface area contributed by atoms with Crippen molar-refractivity contribution in [3.05, 3.63) is 95.1 Å². The van der Waals surface area contributed by atoms with Crippen LogP contribution in [0.5, 0.6) is 0 Å². The second-order valence-corrected chi connectivity index (χ2v) is 6.77. The zero-order valence-electron chi connectivity index (χ0n) is 15.8. The molecule has 0 radical (unpaired) electrons. The summed E-state index contributed by atoms with van der Waals surface area (Å²) in [6.07, 6.45) is 3.73. The molecule has 1 amide bonds. The Morgan fingerprint density at radius 2 is 1.86 bits per heavy atom. The minimum atomic E-state index is -0.368. The summed E-state index contributed by atoms with van der Waals surface area (Å²) in [6, 6.07) is 19.9. The van der Waals surface area contributed by atoms with Gasteiger partial charge in [-0.05, 0) is 43.2 Å². The molecule has 0 fully saturated rings. The molecule has 0 bridgehead atoms. The lowest BCUT2D eigenvalue weighted by atomic mass is 10.1. The average Bonchev–Trinajstić information content (AvgIpc) is 3.28. The van der Waals surface area contributed by atoms with Gasteiger partial charge in [0.2, 0.25) is 0 Å². The van der Waals surface area contributed by atoms with Crippen molar-refractivity contribution in [3.63, 3.8) is 0 Å². The number of aromatic nitrogens is 1. The van der Waals surface area contributed by atoms with E-state index in [9.17, 15) is 4.79 Å². The molecule has 0 aliphatic carbocycles. The van der Waals surface area contributed by atoms with Crippen molar-refractivity contribution in [1.82, 2.24) is 9.99 Å². The third-order valence-electron chi connectivity index (χ3n) is 4.76. The monoisotopic (exact) mass is 371 g/mol. The van der Waals surface area contributed by atoms with Gasteiger partial charge < -0.3 is 8.98 Å². The number of benzene rings is 2. The van der Waals surface area contributed by atoms with E-state index in [1.807, 2.05) is 18.2 Å². The Labute approximate surface area is 163 Å². The molecule has 5 heteroatoms. The van der Waals surface area contributed by atoms with Gasteiger partial charge >= 0.3 is 5.91 Å². The maximum absolute atomic E-state index is 12.1. The van der Waals surface area contributed by atoms with Crippen LogP contribution in [0.25, 0.3) is 10.9 Å². The van der Waals surface area contributed by atoms with Crippen LogP contribution in [-0.4, -0.2) is 16.7 Å². The molecule has 0 atom stereocenters. The molecule has 5 nitrogen and oxygen atoms in total. The molecule has 4 rings (SSSR count). The van der Waals surface area contributed by atoms with Crippen LogP contribution < -0.4 is 5.43 Å². The Kier molecular flexibility index (Phi) is 4.81. The van der Waals surface area contributed by atoms with Gasteiger partial charge in [0.25, 0.3) is 0 Å². The molecule has 0 aliphatic rings. The molecule has 0 aliphatic heterocycles. The van der Waals surface area contributed by atoms with Gasteiger partial charge in [0, 0.05) is 29.2 Å². The molecule has 2 aromatic heterocycles. The molecule has 1 N–H and O–H groups in total. The number of furan rings is 1. The standard InChI is InChI=1S/C23H21N3O2/c1-16-7-3-4-8-18(16)14-26-15-19(20-9-5-6-10-21(20)26)13-24-25-23(27)22-12-11-17(2)28-22/h3-13,15H,14H2,1-2H3,(H,25,27)/b24-13-. The highest BCUT2D eigenvalue weighted by Gasteiger charge is 2.10. The fourth-order valence-electron chi connectivity index (χ4n) is 3.25. The second-order valence-electron chi connectivity index (χ2n) is 6.77. The molecule has 4 aromatic rings. The van der Waals surface area contributed by atoms with Gasteiger partial charge in [0.1, 0.15) is 5.76 Å². The summed E-state index contributed by atoms with van der Waals surface area (Å²) in [7, 11) is 0. The van der Waals surface area contributed by atoms with Crippen LogP contribution >= 0.6 is 0 Å². The molecular formula is C23H21N3O2. The van der Waals surface area contributed by atoms with Crippen molar-refractivity contribution >= 4 is 23.0 Å².